The van der Waals surface area contributed by atoms with Crippen molar-refractivity contribution >= 4 is 17.5 Å². The van der Waals surface area contributed by atoms with Gasteiger partial charge in [0, 0.05) is 31.1 Å². The summed E-state index contributed by atoms with van der Waals surface area (Å²) in [5.41, 5.74) is 7.84. The molecule has 0 aromatic heterocycles. The molecule has 1 aliphatic heterocycles. The average Bonchev–Trinajstić information content (AvgIpc) is 2.28. The van der Waals surface area contributed by atoms with Crippen molar-refractivity contribution in [2.45, 2.75) is 19.4 Å². The van der Waals surface area contributed by atoms with E-state index in [1.54, 1.807) is 0 Å². The van der Waals surface area contributed by atoms with E-state index in [4.69, 9.17) is 17.3 Å². The van der Waals surface area contributed by atoms with E-state index < -0.39 is 0 Å². The second kappa shape index (κ2) is 4.85. The van der Waals surface area contributed by atoms with Crippen molar-refractivity contribution in [3.8, 4) is 0 Å². The Morgan fingerprint density at radius 2 is 2.25 bits per heavy atom. The molecular weight excluding hydrogens is 224 g/mol. The fraction of sp³-hybridized carbons (Fsp3) is 0.417. The summed E-state index contributed by atoms with van der Waals surface area (Å²) in [6, 6.07) is 5.86. The maximum Gasteiger partial charge on any atom is 0.224 e. The van der Waals surface area contributed by atoms with Gasteiger partial charge in [0.1, 0.15) is 0 Å². The second-order valence-electron chi connectivity index (χ2n) is 4.02. The predicted molar refractivity (Wildman–Crippen MR) is 64.2 cm³/mol. The molecular formula is C12H15ClN2O. The highest BCUT2D eigenvalue weighted by molar-refractivity contribution is 6.30. The van der Waals surface area contributed by atoms with E-state index in [1.807, 2.05) is 23.1 Å². The van der Waals surface area contributed by atoms with Crippen LogP contribution in [0.4, 0.5) is 0 Å². The molecule has 0 atom stereocenters. The van der Waals surface area contributed by atoms with Crippen LogP contribution >= 0.6 is 11.6 Å². The first kappa shape index (κ1) is 11.4. The van der Waals surface area contributed by atoms with Crippen LogP contribution in [0, 0.1) is 0 Å². The minimum atomic E-state index is 0.142. The molecule has 0 spiro atoms. The Balaban J connectivity index is 2.12. The van der Waals surface area contributed by atoms with E-state index in [-0.39, 0.29) is 5.91 Å². The van der Waals surface area contributed by atoms with E-state index in [0.29, 0.717) is 19.5 Å². The molecule has 0 aliphatic carbocycles. The largest absolute Gasteiger partial charge is 0.338 e. The zero-order chi connectivity index (χ0) is 11.5. The molecule has 1 aromatic carbocycles. The summed E-state index contributed by atoms with van der Waals surface area (Å²) in [5.74, 6) is 0.142. The van der Waals surface area contributed by atoms with Gasteiger partial charge in [-0.15, -0.1) is 0 Å². The molecule has 1 heterocycles. The predicted octanol–water partition coefficient (Wildman–Crippen LogP) is 1.57. The molecule has 2 rings (SSSR count). The van der Waals surface area contributed by atoms with E-state index in [0.717, 1.165) is 18.0 Å². The summed E-state index contributed by atoms with van der Waals surface area (Å²) >= 11 is 5.93. The van der Waals surface area contributed by atoms with Gasteiger partial charge < -0.3 is 10.6 Å². The summed E-state index contributed by atoms with van der Waals surface area (Å²) in [5, 5.41) is 0.764. The van der Waals surface area contributed by atoms with Gasteiger partial charge in [-0.1, -0.05) is 17.7 Å². The maximum atomic E-state index is 11.7. The molecule has 0 saturated carbocycles. The number of hydrogen-bond donors (Lipinski definition) is 1. The van der Waals surface area contributed by atoms with Gasteiger partial charge in [0.25, 0.3) is 0 Å². The standard InChI is InChI=1S/C12H15ClN2O/c13-11-2-1-10-8-15(12(16)3-5-14)6-4-9(10)7-11/h1-2,7H,3-6,8,14H2. The molecule has 0 radical (unpaired) electrons. The lowest BCUT2D eigenvalue weighted by atomic mass is 10.00. The highest BCUT2D eigenvalue weighted by Gasteiger charge is 2.19. The number of carbonyl (C=O) groups excluding carboxylic acids is 1. The highest BCUT2D eigenvalue weighted by atomic mass is 35.5. The maximum absolute atomic E-state index is 11.7. The smallest absolute Gasteiger partial charge is 0.224 e. The normalized spacial score (nSPS) is 14.8. The minimum absolute atomic E-state index is 0.142. The van der Waals surface area contributed by atoms with Gasteiger partial charge in [0.05, 0.1) is 0 Å². The number of nitrogens with two attached hydrogens (primary N) is 1. The summed E-state index contributed by atoms with van der Waals surface area (Å²) in [4.78, 5) is 13.6. The molecule has 0 saturated heterocycles. The summed E-state index contributed by atoms with van der Waals surface area (Å²) in [6.45, 7) is 1.88. The second-order valence-corrected chi connectivity index (χ2v) is 4.45. The fourth-order valence-electron chi connectivity index (χ4n) is 2.02. The number of hydrogen-bond acceptors (Lipinski definition) is 2. The van der Waals surface area contributed by atoms with Gasteiger partial charge in [-0.2, -0.15) is 0 Å². The van der Waals surface area contributed by atoms with Crippen molar-refractivity contribution in [3.05, 3.63) is 34.3 Å². The lowest BCUT2D eigenvalue weighted by Gasteiger charge is -2.29. The summed E-state index contributed by atoms with van der Waals surface area (Å²) in [7, 11) is 0. The molecule has 1 aliphatic rings. The summed E-state index contributed by atoms with van der Waals surface area (Å²) in [6.07, 6.45) is 1.31. The van der Waals surface area contributed by atoms with Crippen molar-refractivity contribution in [2.75, 3.05) is 13.1 Å². The quantitative estimate of drug-likeness (QED) is 0.850. The Hall–Kier alpha value is -1.06. The third kappa shape index (κ3) is 2.36. The molecule has 4 heteroatoms. The van der Waals surface area contributed by atoms with Crippen molar-refractivity contribution < 1.29 is 4.79 Å². The Labute approximate surface area is 100 Å². The van der Waals surface area contributed by atoms with Crippen molar-refractivity contribution in [1.82, 2.24) is 4.90 Å². The number of rotatable bonds is 2. The van der Waals surface area contributed by atoms with Crippen LogP contribution < -0.4 is 5.73 Å². The first-order valence-electron chi connectivity index (χ1n) is 5.46. The number of fused-ring (bicyclic) bond motifs is 1. The number of amides is 1. The molecule has 0 unspecified atom stereocenters. The monoisotopic (exact) mass is 238 g/mol. The highest BCUT2D eigenvalue weighted by Crippen LogP contribution is 2.22. The zero-order valence-corrected chi connectivity index (χ0v) is 9.83. The van der Waals surface area contributed by atoms with Crippen molar-refractivity contribution in [2.24, 2.45) is 5.73 Å². The summed E-state index contributed by atoms with van der Waals surface area (Å²) < 4.78 is 0. The van der Waals surface area contributed by atoms with Crippen LogP contribution in [-0.4, -0.2) is 23.9 Å². The first-order valence-corrected chi connectivity index (χ1v) is 5.83. The molecule has 16 heavy (non-hydrogen) atoms. The van der Waals surface area contributed by atoms with Gasteiger partial charge in [0.2, 0.25) is 5.91 Å². The number of benzene rings is 1. The van der Waals surface area contributed by atoms with Gasteiger partial charge in [0.15, 0.2) is 0 Å². The van der Waals surface area contributed by atoms with Crippen LogP contribution in [0.5, 0.6) is 0 Å². The molecule has 2 N–H and O–H groups in total. The number of carbonyl (C=O) groups is 1. The number of halogens is 1. The Kier molecular flexibility index (Phi) is 3.46. The van der Waals surface area contributed by atoms with Crippen LogP contribution in [0.15, 0.2) is 18.2 Å². The van der Waals surface area contributed by atoms with E-state index >= 15 is 0 Å². The van der Waals surface area contributed by atoms with Crippen molar-refractivity contribution in [3.63, 3.8) is 0 Å². The molecule has 0 fully saturated rings. The molecule has 1 aromatic rings. The van der Waals surface area contributed by atoms with Crippen LogP contribution in [0.1, 0.15) is 17.5 Å². The van der Waals surface area contributed by atoms with Crippen LogP contribution in [-0.2, 0) is 17.8 Å². The average molecular weight is 239 g/mol. The first-order chi connectivity index (χ1) is 7.70. The lowest BCUT2D eigenvalue weighted by molar-refractivity contribution is -0.131. The van der Waals surface area contributed by atoms with Gasteiger partial charge >= 0.3 is 0 Å². The van der Waals surface area contributed by atoms with Crippen LogP contribution in [0.3, 0.4) is 0 Å². The third-order valence-electron chi connectivity index (χ3n) is 2.89. The van der Waals surface area contributed by atoms with Crippen LogP contribution in [0.2, 0.25) is 5.02 Å². The molecule has 3 nitrogen and oxygen atoms in total. The zero-order valence-electron chi connectivity index (χ0n) is 9.08. The SMILES string of the molecule is NCCC(=O)N1CCc2cc(Cl)ccc2C1. The van der Waals surface area contributed by atoms with E-state index in [1.165, 1.54) is 11.1 Å². The van der Waals surface area contributed by atoms with Gasteiger partial charge in [-0.05, 0) is 29.7 Å². The lowest BCUT2D eigenvalue weighted by Crippen LogP contribution is -2.36. The fourth-order valence-corrected chi connectivity index (χ4v) is 2.21. The molecule has 0 bridgehead atoms. The molecule has 86 valence electrons. The Bertz CT molecular complexity index is 406. The van der Waals surface area contributed by atoms with Gasteiger partial charge in [-0.3, -0.25) is 4.79 Å². The minimum Gasteiger partial charge on any atom is -0.338 e. The Morgan fingerprint density at radius 1 is 1.44 bits per heavy atom. The number of nitrogens with zero attached hydrogens (tertiary/aromatic N) is 1. The van der Waals surface area contributed by atoms with Gasteiger partial charge in [-0.25, -0.2) is 0 Å². The van der Waals surface area contributed by atoms with E-state index in [9.17, 15) is 4.79 Å². The van der Waals surface area contributed by atoms with Crippen LogP contribution in [0.25, 0.3) is 0 Å². The van der Waals surface area contributed by atoms with Crippen molar-refractivity contribution in [1.29, 1.82) is 0 Å². The Morgan fingerprint density at radius 3 is 3.00 bits per heavy atom. The van der Waals surface area contributed by atoms with E-state index in [2.05, 4.69) is 0 Å². The topological polar surface area (TPSA) is 46.3 Å². The molecule has 1 amide bonds. The third-order valence-corrected chi connectivity index (χ3v) is 3.13.